The quantitative estimate of drug-likeness (QED) is 0.0261. The van der Waals surface area contributed by atoms with Gasteiger partial charge >= 0.3 is 0 Å². The van der Waals surface area contributed by atoms with Crippen molar-refractivity contribution in [3.63, 3.8) is 0 Å². The molecule has 0 aromatic rings. The first-order valence-electron chi connectivity index (χ1n) is 34.8. The Labute approximate surface area is 505 Å². The van der Waals surface area contributed by atoms with E-state index in [4.69, 9.17) is 9.47 Å². The van der Waals surface area contributed by atoms with Crippen molar-refractivity contribution in [3.05, 3.63) is 85.1 Å². The van der Waals surface area contributed by atoms with Crippen molar-refractivity contribution >= 4 is 5.91 Å². The maximum absolute atomic E-state index is 13.2. The zero-order valence-electron chi connectivity index (χ0n) is 53.2. The topological polar surface area (TPSA) is 149 Å². The van der Waals surface area contributed by atoms with Gasteiger partial charge in [0.15, 0.2) is 6.29 Å². The van der Waals surface area contributed by atoms with Crippen LogP contribution in [0.2, 0.25) is 0 Å². The van der Waals surface area contributed by atoms with Crippen LogP contribution in [0.3, 0.4) is 0 Å². The number of carbonyl (C=O) groups excluding carboxylic acids is 1. The molecule has 1 saturated heterocycles. The van der Waals surface area contributed by atoms with Gasteiger partial charge in [0, 0.05) is 6.42 Å². The first-order valence-corrected chi connectivity index (χ1v) is 34.8. The number of ether oxygens (including phenoxy) is 2. The zero-order chi connectivity index (χ0) is 59.3. The van der Waals surface area contributed by atoms with Gasteiger partial charge < -0.3 is 40.3 Å². The monoisotopic (exact) mass is 1150 g/mol. The van der Waals surface area contributed by atoms with E-state index in [0.717, 1.165) is 89.9 Å². The van der Waals surface area contributed by atoms with Crippen LogP contribution < -0.4 is 5.32 Å². The summed E-state index contributed by atoms with van der Waals surface area (Å²) in [7, 11) is 0. The molecule has 9 nitrogen and oxygen atoms in total. The van der Waals surface area contributed by atoms with Gasteiger partial charge in [-0.25, -0.2) is 0 Å². The summed E-state index contributed by atoms with van der Waals surface area (Å²) >= 11 is 0. The molecule has 0 saturated carbocycles. The number of unbranched alkanes of at least 4 members (excludes halogenated alkanes) is 36. The van der Waals surface area contributed by atoms with E-state index in [1.54, 1.807) is 0 Å². The molecule has 0 bridgehead atoms. The molecule has 0 radical (unpaired) electrons. The first-order chi connectivity index (χ1) is 40.3. The molecule has 0 aliphatic carbocycles. The normalized spacial score (nSPS) is 18.8. The van der Waals surface area contributed by atoms with Crippen molar-refractivity contribution in [2.24, 2.45) is 0 Å². The van der Waals surface area contributed by atoms with Gasteiger partial charge in [0.25, 0.3) is 0 Å². The van der Waals surface area contributed by atoms with E-state index in [0.29, 0.717) is 12.8 Å². The van der Waals surface area contributed by atoms with E-state index in [2.05, 4.69) is 104 Å². The van der Waals surface area contributed by atoms with Crippen molar-refractivity contribution < 1.29 is 39.8 Å². The number of allylic oxidation sites excluding steroid dienone is 14. The summed E-state index contributed by atoms with van der Waals surface area (Å²) in [5.41, 5.74) is 0. The van der Waals surface area contributed by atoms with Crippen LogP contribution in [0.5, 0.6) is 0 Å². The summed E-state index contributed by atoms with van der Waals surface area (Å²) < 4.78 is 11.4. The number of hydrogen-bond donors (Lipinski definition) is 6. The van der Waals surface area contributed by atoms with Gasteiger partial charge in [-0.2, -0.15) is 0 Å². The summed E-state index contributed by atoms with van der Waals surface area (Å²) in [5.74, 6) is -0.150. The van der Waals surface area contributed by atoms with Gasteiger partial charge in [0.1, 0.15) is 24.4 Å². The Morgan fingerprint density at radius 3 is 1.12 bits per heavy atom. The van der Waals surface area contributed by atoms with Crippen LogP contribution in [-0.2, 0) is 14.3 Å². The molecule has 476 valence electrons. The molecule has 0 aromatic heterocycles. The molecule has 1 amide bonds. The minimum Gasteiger partial charge on any atom is -0.394 e. The van der Waals surface area contributed by atoms with Crippen LogP contribution in [0.1, 0.15) is 316 Å². The Morgan fingerprint density at radius 1 is 0.427 bits per heavy atom. The lowest BCUT2D eigenvalue weighted by molar-refractivity contribution is -0.302. The molecule has 6 N–H and O–H groups in total. The van der Waals surface area contributed by atoms with Crippen LogP contribution >= 0.6 is 0 Å². The van der Waals surface area contributed by atoms with Gasteiger partial charge in [0.2, 0.25) is 5.91 Å². The van der Waals surface area contributed by atoms with E-state index in [1.165, 1.54) is 199 Å². The molecular formula is C73H131NO8. The maximum atomic E-state index is 13.2. The Hall–Kier alpha value is -2.63. The van der Waals surface area contributed by atoms with Crippen LogP contribution in [0.4, 0.5) is 0 Å². The average molecular weight is 1150 g/mol. The number of carbonyl (C=O) groups is 1. The first kappa shape index (κ1) is 77.4. The molecule has 0 aromatic carbocycles. The number of aliphatic hydroxyl groups is 5. The lowest BCUT2D eigenvalue weighted by atomic mass is 9.99. The number of amides is 1. The summed E-state index contributed by atoms with van der Waals surface area (Å²) in [6.45, 7) is 3.75. The van der Waals surface area contributed by atoms with E-state index in [-0.39, 0.29) is 12.5 Å². The van der Waals surface area contributed by atoms with Crippen molar-refractivity contribution in [1.29, 1.82) is 0 Å². The second-order valence-electron chi connectivity index (χ2n) is 23.9. The molecular weight excluding hydrogens is 1020 g/mol. The van der Waals surface area contributed by atoms with Gasteiger partial charge in [-0.3, -0.25) is 4.79 Å². The molecule has 0 spiro atoms. The Bertz CT molecular complexity index is 1570. The smallest absolute Gasteiger partial charge is 0.220 e. The number of aliphatic hydroxyl groups excluding tert-OH is 5. The second-order valence-corrected chi connectivity index (χ2v) is 23.9. The third-order valence-electron chi connectivity index (χ3n) is 16.3. The molecule has 9 heteroatoms. The Kier molecular flexibility index (Phi) is 58.0. The number of rotatable bonds is 60. The lowest BCUT2D eigenvalue weighted by Crippen LogP contribution is -2.60. The van der Waals surface area contributed by atoms with Crippen molar-refractivity contribution in [2.75, 3.05) is 13.2 Å². The van der Waals surface area contributed by atoms with Crippen molar-refractivity contribution in [1.82, 2.24) is 5.32 Å². The zero-order valence-corrected chi connectivity index (χ0v) is 53.2. The molecule has 7 atom stereocenters. The van der Waals surface area contributed by atoms with Crippen LogP contribution in [0.25, 0.3) is 0 Å². The highest BCUT2D eigenvalue weighted by Crippen LogP contribution is 2.24. The minimum atomic E-state index is -1.56. The largest absolute Gasteiger partial charge is 0.394 e. The highest BCUT2D eigenvalue weighted by Gasteiger charge is 2.44. The molecule has 82 heavy (non-hydrogen) atoms. The van der Waals surface area contributed by atoms with E-state index < -0.39 is 49.5 Å². The fraction of sp³-hybridized carbons (Fsp3) is 0.795. The Balaban J connectivity index is 2.15. The highest BCUT2D eigenvalue weighted by atomic mass is 16.7. The predicted octanol–water partition coefficient (Wildman–Crippen LogP) is 18.9. The summed E-state index contributed by atoms with van der Waals surface area (Å²) in [4.78, 5) is 13.2. The SMILES string of the molecule is CC/C=C\C/C=C\C/C=C\C/C=C\C/C=C\C/C=C\C/C=C\CCCCCCCCCCCC(=O)NC(COC1OC(CO)C(O)C(O)C1O)C(O)CCCCCCCCCCCCCCCCCCCCCCCCCCCCCC. The average Bonchev–Trinajstić information content (AvgIpc) is 3.52. The van der Waals surface area contributed by atoms with Gasteiger partial charge in [0.05, 0.1) is 25.4 Å². The van der Waals surface area contributed by atoms with Gasteiger partial charge in [-0.15, -0.1) is 0 Å². The maximum Gasteiger partial charge on any atom is 0.220 e. The van der Waals surface area contributed by atoms with Crippen LogP contribution in [-0.4, -0.2) is 87.5 Å². The van der Waals surface area contributed by atoms with Crippen LogP contribution in [0, 0.1) is 0 Å². The number of nitrogens with one attached hydrogen (secondary N) is 1. The van der Waals surface area contributed by atoms with Crippen molar-refractivity contribution in [2.45, 2.75) is 358 Å². The third-order valence-corrected chi connectivity index (χ3v) is 16.3. The standard InChI is InChI=1S/C73H131NO8/c1-3-5-7-9-11-13-15-17-19-21-23-25-27-29-31-33-34-35-37-39-41-43-45-47-49-51-53-55-57-59-61-63-69(77)74-66(65-81-73-72(80)71(79)70(78)68(64-75)82-73)67(76)62-60-58-56-54-52-50-48-46-44-42-40-38-36-32-30-28-26-24-22-20-18-16-14-12-10-8-6-4-2/h5,7,11,13,17,19,23,25,29,31,34-35,39,41,66-68,70-73,75-76,78-80H,3-4,6,8-10,12,14-16,18,20-22,24,26-28,30,32-33,36-38,40,42-65H2,1-2H3,(H,74,77)/b7-5-,13-11-,19-17-,25-23-,31-29-,35-34-,41-39-. The molecule has 1 fully saturated rings. The minimum absolute atomic E-state index is 0.143. The number of hydrogen-bond acceptors (Lipinski definition) is 8. The second kappa shape index (κ2) is 61.5. The molecule has 1 rings (SSSR count). The van der Waals surface area contributed by atoms with Gasteiger partial charge in [-0.1, -0.05) is 324 Å². The third kappa shape index (κ3) is 49.6. The van der Waals surface area contributed by atoms with Gasteiger partial charge in [-0.05, 0) is 70.6 Å². The lowest BCUT2D eigenvalue weighted by Gasteiger charge is -2.40. The molecule has 1 aliphatic rings. The summed E-state index contributed by atoms with van der Waals surface area (Å²) in [5, 5.41) is 54.9. The summed E-state index contributed by atoms with van der Waals surface area (Å²) in [6.07, 6.45) is 80.7. The predicted molar refractivity (Wildman–Crippen MR) is 350 cm³/mol. The fourth-order valence-electron chi connectivity index (χ4n) is 10.9. The van der Waals surface area contributed by atoms with Crippen LogP contribution in [0.15, 0.2) is 85.1 Å². The molecule has 1 heterocycles. The van der Waals surface area contributed by atoms with E-state index >= 15 is 0 Å². The molecule has 7 unspecified atom stereocenters. The van der Waals surface area contributed by atoms with Crippen molar-refractivity contribution in [3.8, 4) is 0 Å². The van der Waals surface area contributed by atoms with E-state index in [1.807, 2.05) is 0 Å². The van der Waals surface area contributed by atoms with E-state index in [9.17, 15) is 30.3 Å². The molecule has 1 aliphatic heterocycles. The fourth-order valence-corrected chi connectivity index (χ4v) is 10.9. The highest BCUT2D eigenvalue weighted by molar-refractivity contribution is 5.76. The Morgan fingerprint density at radius 2 is 0.756 bits per heavy atom. The summed E-state index contributed by atoms with van der Waals surface area (Å²) in [6, 6.07) is -0.730.